The average Bonchev–Trinajstić information content (AvgIpc) is 3.02. The molecule has 1 saturated heterocycles. The Morgan fingerprint density at radius 1 is 1.44 bits per heavy atom. The Labute approximate surface area is 110 Å². The third kappa shape index (κ3) is 2.36. The number of hydrogen-bond donors (Lipinski definition) is 1. The van der Waals surface area contributed by atoms with Crippen LogP contribution in [0.25, 0.3) is 11.5 Å². The van der Waals surface area contributed by atoms with Crippen molar-refractivity contribution in [2.45, 2.75) is 24.6 Å². The van der Waals surface area contributed by atoms with E-state index in [2.05, 4.69) is 34.6 Å². The molecule has 4 nitrogen and oxygen atoms in total. The van der Waals surface area contributed by atoms with E-state index in [0.29, 0.717) is 17.2 Å². The lowest BCUT2D eigenvalue weighted by molar-refractivity contribution is 0.568. The van der Waals surface area contributed by atoms with Gasteiger partial charge < -0.3 is 9.73 Å². The van der Waals surface area contributed by atoms with Gasteiger partial charge in [0.2, 0.25) is 12.3 Å². The van der Waals surface area contributed by atoms with Crippen LogP contribution in [0.4, 0.5) is 5.69 Å². The van der Waals surface area contributed by atoms with Gasteiger partial charge in [0.25, 0.3) is 0 Å². The van der Waals surface area contributed by atoms with Crippen LogP contribution in [-0.2, 0) is 0 Å². The van der Waals surface area contributed by atoms with E-state index in [0.717, 1.165) is 11.3 Å². The monoisotopic (exact) mass is 261 g/mol. The van der Waals surface area contributed by atoms with E-state index in [1.807, 2.05) is 23.9 Å². The molecule has 18 heavy (non-hydrogen) atoms. The summed E-state index contributed by atoms with van der Waals surface area (Å²) in [7, 11) is 0. The highest BCUT2D eigenvalue weighted by atomic mass is 32.2. The molecule has 3 rings (SSSR count). The van der Waals surface area contributed by atoms with E-state index >= 15 is 0 Å². The third-order valence-electron chi connectivity index (χ3n) is 3.20. The summed E-state index contributed by atoms with van der Waals surface area (Å²) in [5.41, 5.74) is 2.07. The summed E-state index contributed by atoms with van der Waals surface area (Å²) in [6, 6.07) is 8.67. The molecule has 0 spiro atoms. The molecule has 1 aromatic heterocycles. The fraction of sp³-hybridized carbons (Fsp3) is 0.385. The summed E-state index contributed by atoms with van der Waals surface area (Å²) in [4.78, 5) is 0. The minimum absolute atomic E-state index is 0.549. The molecule has 1 N–H and O–H groups in total. The van der Waals surface area contributed by atoms with Crippen molar-refractivity contribution >= 4 is 17.4 Å². The smallest absolute Gasteiger partial charge is 0.247 e. The first-order valence-corrected chi connectivity index (χ1v) is 7.12. The molecule has 0 radical (unpaired) electrons. The summed E-state index contributed by atoms with van der Waals surface area (Å²) in [5.74, 6) is 1.80. The van der Waals surface area contributed by atoms with Crippen molar-refractivity contribution in [3.8, 4) is 11.5 Å². The number of aromatic nitrogens is 2. The largest absolute Gasteiger partial charge is 0.423 e. The fourth-order valence-electron chi connectivity index (χ4n) is 2.18. The van der Waals surface area contributed by atoms with Gasteiger partial charge in [0.1, 0.15) is 0 Å². The van der Waals surface area contributed by atoms with Gasteiger partial charge in [-0.1, -0.05) is 13.0 Å². The zero-order valence-corrected chi connectivity index (χ0v) is 11.0. The first-order chi connectivity index (χ1) is 8.83. The van der Waals surface area contributed by atoms with Crippen molar-refractivity contribution in [3.63, 3.8) is 0 Å². The van der Waals surface area contributed by atoms with Crippen molar-refractivity contribution in [1.29, 1.82) is 0 Å². The lowest BCUT2D eigenvalue weighted by Crippen LogP contribution is -2.24. The predicted molar refractivity (Wildman–Crippen MR) is 73.7 cm³/mol. The molecule has 0 saturated carbocycles. The van der Waals surface area contributed by atoms with Gasteiger partial charge in [-0.15, -0.1) is 10.2 Å². The fourth-order valence-corrected chi connectivity index (χ4v) is 3.37. The van der Waals surface area contributed by atoms with Crippen molar-refractivity contribution in [1.82, 2.24) is 10.2 Å². The topological polar surface area (TPSA) is 51.0 Å². The molecule has 5 heteroatoms. The van der Waals surface area contributed by atoms with Gasteiger partial charge >= 0.3 is 0 Å². The molecule has 0 bridgehead atoms. The number of benzene rings is 1. The van der Waals surface area contributed by atoms with E-state index in [4.69, 9.17) is 4.42 Å². The van der Waals surface area contributed by atoms with Crippen molar-refractivity contribution in [2.24, 2.45) is 0 Å². The molecule has 94 valence electrons. The average molecular weight is 261 g/mol. The molecule has 2 unspecified atom stereocenters. The molecular weight excluding hydrogens is 246 g/mol. The summed E-state index contributed by atoms with van der Waals surface area (Å²) >= 11 is 2.02. The number of nitrogens with one attached hydrogen (secondary N) is 1. The van der Waals surface area contributed by atoms with E-state index in [-0.39, 0.29) is 0 Å². The van der Waals surface area contributed by atoms with Crippen LogP contribution in [0, 0.1) is 0 Å². The van der Waals surface area contributed by atoms with Gasteiger partial charge in [-0.2, -0.15) is 11.8 Å². The molecule has 1 aromatic carbocycles. The second-order valence-corrected chi connectivity index (χ2v) is 5.93. The maximum Gasteiger partial charge on any atom is 0.247 e. The summed E-state index contributed by atoms with van der Waals surface area (Å²) in [5, 5.41) is 11.9. The maximum atomic E-state index is 5.21. The van der Waals surface area contributed by atoms with Crippen LogP contribution in [0.3, 0.4) is 0 Å². The number of hydrogen-bond acceptors (Lipinski definition) is 5. The highest BCUT2D eigenvalue weighted by molar-refractivity contribution is 8.00. The normalized spacial score (nSPS) is 23.2. The van der Waals surface area contributed by atoms with E-state index < -0.39 is 0 Å². The van der Waals surface area contributed by atoms with Gasteiger partial charge in [-0.25, -0.2) is 0 Å². The van der Waals surface area contributed by atoms with Crippen molar-refractivity contribution in [3.05, 3.63) is 30.7 Å². The Kier molecular flexibility index (Phi) is 3.23. The third-order valence-corrected chi connectivity index (χ3v) is 4.52. The lowest BCUT2D eigenvalue weighted by atomic mass is 10.1. The van der Waals surface area contributed by atoms with Crippen LogP contribution in [0.2, 0.25) is 0 Å². The van der Waals surface area contributed by atoms with Gasteiger partial charge in [-0.3, -0.25) is 0 Å². The summed E-state index contributed by atoms with van der Waals surface area (Å²) in [6.45, 7) is 2.27. The molecular formula is C13H15N3OS. The highest BCUT2D eigenvalue weighted by Gasteiger charge is 2.23. The Morgan fingerprint density at radius 2 is 2.39 bits per heavy atom. The second-order valence-electron chi connectivity index (χ2n) is 4.44. The van der Waals surface area contributed by atoms with Crippen LogP contribution < -0.4 is 5.32 Å². The quantitative estimate of drug-likeness (QED) is 0.920. The molecule has 2 heterocycles. The number of thioether (sulfide) groups is 1. The van der Waals surface area contributed by atoms with Gasteiger partial charge in [-0.05, 0) is 30.4 Å². The number of anilines is 1. The van der Waals surface area contributed by atoms with Crippen molar-refractivity contribution in [2.75, 3.05) is 11.1 Å². The van der Waals surface area contributed by atoms with Gasteiger partial charge in [0.05, 0.1) is 0 Å². The van der Waals surface area contributed by atoms with E-state index in [9.17, 15) is 0 Å². The van der Waals surface area contributed by atoms with Gasteiger partial charge in [0, 0.05) is 22.5 Å². The molecule has 2 atom stereocenters. The summed E-state index contributed by atoms with van der Waals surface area (Å²) in [6.07, 6.45) is 2.57. The van der Waals surface area contributed by atoms with Crippen LogP contribution >= 0.6 is 11.8 Å². The Hall–Kier alpha value is -1.49. The van der Waals surface area contributed by atoms with Crippen LogP contribution in [-0.4, -0.2) is 27.2 Å². The number of nitrogens with zero attached hydrogens (tertiary/aromatic N) is 2. The zero-order chi connectivity index (χ0) is 12.4. The van der Waals surface area contributed by atoms with Crippen molar-refractivity contribution < 1.29 is 4.42 Å². The number of rotatable bonds is 3. The van der Waals surface area contributed by atoms with Crippen LogP contribution in [0.15, 0.2) is 35.1 Å². The standard InChI is InChI=1S/C13H15N3OS/c1-9-12(5-6-18-9)15-11-4-2-3-10(7-11)13-16-14-8-17-13/h2-4,7-9,12,15H,5-6H2,1H3. The molecule has 0 aliphatic carbocycles. The predicted octanol–water partition coefficient (Wildman–Crippen LogP) is 3.04. The Balaban J connectivity index is 1.79. The van der Waals surface area contributed by atoms with E-state index in [1.54, 1.807) is 0 Å². The Morgan fingerprint density at radius 3 is 3.11 bits per heavy atom. The van der Waals surface area contributed by atoms with Crippen LogP contribution in [0.1, 0.15) is 13.3 Å². The SMILES string of the molecule is CC1SCCC1Nc1cccc(-c2nnco2)c1. The maximum absolute atomic E-state index is 5.21. The van der Waals surface area contributed by atoms with Crippen LogP contribution in [0.5, 0.6) is 0 Å². The summed E-state index contributed by atoms with van der Waals surface area (Å²) < 4.78 is 5.21. The van der Waals surface area contributed by atoms with Gasteiger partial charge in [0.15, 0.2) is 0 Å². The molecule has 1 aliphatic rings. The lowest BCUT2D eigenvalue weighted by Gasteiger charge is -2.18. The minimum Gasteiger partial charge on any atom is -0.423 e. The van der Waals surface area contributed by atoms with E-state index in [1.165, 1.54) is 18.6 Å². The Bertz CT molecular complexity index is 515. The minimum atomic E-state index is 0.549. The molecule has 1 fully saturated rings. The highest BCUT2D eigenvalue weighted by Crippen LogP contribution is 2.29. The first-order valence-electron chi connectivity index (χ1n) is 6.07. The molecule has 0 amide bonds. The zero-order valence-electron chi connectivity index (χ0n) is 10.2. The molecule has 1 aliphatic heterocycles. The second kappa shape index (κ2) is 5.02. The first kappa shape index (κ1) is 11.6. The molecule has 2 aromatic rings.